The molecule has 0 bridgehead atoms. The van der Waals surface area contributed by atoms with Crippen LogP contribution in [0.2, 0.25) is 0 Å². The molecule has 0 aromatic heterocycles. The summed E-state index contributed by atoms with van der Waals surface area (Å²) in [5, 5.41) is 26.2. The molecule has 13 nitrogen and oxygen atoms in total. The normalized spacial score (nSPS) is 19.2. The van der Waals surface area contributed by atoms with E-state index >= 15 is 0 Å². The van der Waals surface area contributed by atoms with Crippen LogP contribution in [0, 0.1) is 5.92 Å². The van der Waals surface area contributed by atoms with Gasteiger partial charge in [-0.1, -0.05) is 20.3 Å². The molecule has 1 heterocycles. The van der Waals surface area contributed by atoms with E-state index in [-0.39, 0.29) is 18.9 Å². The van der Waals surface area contributed by atoms with Crippen molar-refractivity contribution in [1.29, 1.82) is 0 Å². The van der Waals surface area contributed by atoms with Crippen LogP contribution in [-0.2, 0) is 28.8 Å². The zero-order chi connectivity index (χ0) is 28.3. The van der Waals surface area contributed by atoms with Gasteiger partial charge in [-0.3, -0.25) is 24.0 Å². The Balaban J connectivity index is 3.12. The van der Waals surface area contributed by atoms with Gasteiger partial charge in [-0.05, 0) is 44.1 Å². The molecular weight excluding hydrogens is 506 g/mol. The van der Waals surface area contributed by atoms with Crippen molar-refractivity contribution in [1.82, 2.24) is 20.9 Å². The molecule has 0 saturated carbocycles. The van der Waals surface area contributed by atoms with Crippen molar-refractivity contribution >= 4 is 47.3 Å². The van der Waals surface area contributed by atoms with Crippen molar-refractivity contribution in [2.45, 2.75) is 83.1 Å². The van der Waals surface area contributed by atoms with Gasteiger partial charge < -0.3 is 36.8 Å². The van der Waals surface area contributed by atoms with Gasteiger partial charge in [-0.15, -0.1) is 0 Å². The van der Waals surface area contributed by atoms with Crippen LogP contribution in [0.3, 0.4) is 0 Å². The Labute approximate surface area is 220 Å². The Morgan fingerprint density at radius 3 is 2.14 bits per heavy atom. The largest absolute Gasteiger partial charge is 0.481 e. The summed E-state index contributed by atoms with van der Waals surface area (Å²) < 4.78 is 0. The van der Waals surface area contributed by atoms with E-state index in [1.54, 1.807) is 20.1 Å². The SMILES string of the molecule is CC[C@H](C)[C@H](NC(=O)[C@H](C)N)C(=O)N[C@@H](CC(=O)O)C(=O)N[C@@H](CCSC)C(=O)N1CCC[C@H]1C(=O)O. The summed E-state index contributed by atoms with van der Waals surface area (Å²) in [5.74, 6) is -5.20. The van der Waals surface area contributed by atoms with Gasteiger partial charge >= 0.3 is 11.9 Å². The zero-order valence-corrected chi connectivity index (χ0v) is 22.5. The number of carboxylic acid groups (broad SMARTS) is 2. The Hall–Kier alpha value is -2.87. The monoisotopic (exact) mass is 545 g/mol. The maximum Gasteiger partial charge on any atom is 0.326 e. The van der Waals surface area contributed by atoms with Crippen molar-refractivity contribution in [3.63, 3.8) is 0 Å². The number of likely N-dealkylation sites (tertiary alicyclic amines) is 1. The number of hydrogen-bond acceptors (Lipinski definition) is 8. The van der Waals surface area contributed by atoms with Crippen LogP contribution in [0.1, 0.15) is 52.9 Å². The summed E-state index contributed by atoms with van der Waals surface area (Å²) in [5.41, 5.74) is 5.58. The summed E-state index contributed by atoms with van der Waals surface area (Å²) in [6.07, 6.45) is 2.52. The number of aliphatic carboxylic acids is 2. The predicted octanol–water partition coefficient (Wildman–Crippen LogP) is -0.862. The fraction of sp³-hybridized carbons (Fsp3) is 0.739. The maximum absolute atomic E-state index is 13.2. The lowest BCUT2D eigenvalue weighted by molar-refractivity contribution is -0.149. The van der Waals surface area contributed by atoms with Gasteiger partial charge in [-0.25, -0.2) is 4.79 Å². The highest BCUT2D eigenvalue weighted by Crippen LogP contribution is 2.20. The van der Waals surface area contributed by atoms with Crippen LogP contribution in [0.4, 0.5) is 0 Å². The van der Waals surface area contributed by atoms with E-state index in [9.17, 15) is 39.0 Å². The first-order valence-corrected chi connectivity index (χ1v) is 13.6. The molecule has 1 aliphatic rings. The van der Waals surface area contributed by atoms with Gasteiger partial charge in [0, 0.05) is 6.54 Å². The second kappa shape index (κ2) is 15.4. The molecule has 210 valence electrons. The molecule has 0 unspecified atom stereocenters. The van der Waals surface area contributed by atoms with Crippen molar-refractivity contribution in [3.8, 4) is 0 Å². The van der Waals surface area contributed by atoms with E-state index in [1.165, 1.54) is 23.6 Å². The zero-order valence-electron chi connectivity index (χ0n) is 21.7. The van der Waals surface area contributed by atoms with Crippen LogP contribution in [0.5, 0.6) is 0 Å². The first-order chi connectivity index (χ1) is 17.3. The molecule has 0 radical (unpaired) electrons. The molecule has 0 aromatic rings. The molecule has 1 rings (SSSR count). The third-order valence-electron chi connectivity index (χ3n) is 6.26. The molecule has 1 saturated heterocycles. The Kier molecular flexibility index (Phi) is 13.4. The molecular formula is C23H39N5O8S. The highest BCUT2D eigenvalue weighted by molar-refractivity contribution is 7.98. The number of carboxylic acids is 2. The standard InChI is InChI=1S/C23H39N5O8S/c1-5-12(2)18(27-19(31)13(3)24)21(33)26-15(11-17(29)30)20(32)25-14(8-10-37-4)22(34)28-9-6-7-16(28)23(35)36/h12-16,18H,5-11,24H2,1-4H3,(H,25,32)(H,26,33)(H,27,31)(H,29,30)(H,35,36)/t12-,13-,14-,15-,16-,18-/m0/s1. The molecule has 0 aliphatic carbocycles. The molecule has 0 aromatic carbocycles. The second-order valence-corrected chi connectivity index (χ2v) is 10.2. The van der Waals surface area contributed by atoms with Crippen molar-refractivity contribution in [2.75, 3.05) is 18.6 Å². The number of nitrogens with zero attached hydrogens (tertiary/aromatic N) is 1. The van der Waals surface area contributed by atoms with Gasteiger partial charge in [0.05, 0.1) is 12.5 Å². The quantitative estimate of drug-likeness (QED) is 0.150. The highest BCUT2D eigenvalue weighted by atomic mass is 32.2. The molecule has 4 amide bonds. The minimum absolute atomic E-state index is 0.183. The van der Waals surface area contributed by atoms with Gasteiger partial charge in [-0.2, -0.15) is 11.8 Å². The topological polar surface area (TPSA) is 208 Å². The van der Waals surface area contributed by atoms with E-state index in [1.807, 2.05) is 0 Å². The number of rotatable bonds is 15. The third kappa shape index (κ3) is 9.84. The lowest BCUT2D eigenvalue weighted by atomic mass is 9.97. The smallest absolute Gasteiger partial charge is 0.326 e. The minimum atomic E-state index is -1.54. The van der Waals surface area contributed by atoms with E-state index in [4.69, 9.17) is 5.73 Å². The molecule has 37 heavy (non-hydrogen) atoms. The van der Waals surface area contributed by atoms with Crippen molar-refractivity contribution in [3.05, 3.63) is 0 Å². The van der Waals surface area contributed by atoms with Gasteiger partial charge in [0.15, 0.2) is 0 Å². The van der Waals surface area contributed by atoms with Crippen molar-refractivity contribution in [2.24, 2.45) is 11.7 Å². The summed E-state index contributed by atoms with van der Waals surface area (Å²) in [6.45, 7) is 5.19. The Bertz CT molecular complexity index is 855. The lowest BCUT2D eigenvalue weighted by Crippen LogP contribution is -2.59. The number of carbonyl (C=O) groups is 6. The molecule has 0 spiro atoms. The summed E-state index contributed by atoms with van der Waals surface area (Å²) in [6, 6.07) is -5.60. The number of carbonyl (C=O) groups excluding carboxylic acids is 4. The Morgan fingerprint density at radius 1 is 1.00 bits per heavy atom. The number of thioether (sulfide) groups is 1. The van der Waals surface area contributed by atoms with Crippen LogP contribution >= 0.6 is 11.8 Å². The third-order valence-corrected chi connectivity index (χ3v) is 6.91. The highest BCUT2D eigenvalue weighted by Gasteiger charge is 2.39. The maximum atomic E-state index is 13.2. The van der Waals surface area contributed by atoms with Crippen LogP contribution in [0.25, 0.3) is 0 Å². The summed E-state index contributed by atoms with van der Waals surface area (Å²) >= 11 is 1.42. The van der Waals surface area contributed by atoms with E-state index in [0.717, 1.165) is 0 Å². The predicted molar refractivity (Wildman–Crippen MR) is 137 cm³/mol. The van der Waals surface area contributed by atoms with Crippen LogP contribution in [0.15, 0.2) is 0 Å². The van der Waals surface area contributed by atoms with Crippen LogP contribution in [-0.4, -0.2) is 99.4 Å². The average Bonchev–Trinajstić information content (AvgIpc) is 3.33. The van der Waals surface area contributed by atoms with E-state index in [0.29, 0.717) is 25.0 Å². The average molecular weight is 546 g/mol. The first kappa shape index (κ1) is 32.2. The van der Waals surface area contributed by atoms with Crippen molar-refractivity contribution < 1.29 is 39.0 Å². The van der Waals surface area contributed by atoms with E-state index < -0.39 is 72.2 Å². The molecule has 1 aliphatic heterocycles. The minimum Gasteiger partial charge on any atom is -0.481 e. The number of amides is 4. The second-order valence-electron chi connectivity index (χ2n) is 9.19. The van der Waals surface area contributed by atoms with E-state index in [2.05, 4.69) is 16.0 Å². The summed E-state index contributed by atoms with van der Waals surface area (Å²) in [4.78, 5) is 75.7. The van der Waals surface area contributed by atoms with Crippen LogP contribution < -0.4 is 21.7 Å². The number of hydrogen-bond donors (Lipinski definition) is 6. The molecule has 7 N–H and O–H groups in total. The molecule has 14 heteroatoms. The Morgan fingerprint density at radius 2 is 1.62 bits per heavy atom. The van der Waals surface area contributed by atoms with Gasteiger partial charge in [0.25, 0.3) is 0 Å². The lowest BCUT2D eigenvalue weighted by Gasteiger charge is -2.29. The molecule has 1 fully saturated rings. The van der Waals surface area contributed by atoms with Gasteiger partial charge in [0.1, 0.15) is 24.2 Å². The van der Waals surface area contributed by atoms with Gasteiger partial charge in [0.2, 0.25) is 23.6 Å². The molecule has 6 atom stereocenters. The number of nitrogens with two attached hydrogens (primary N) is 1. The number of nitrogens with one attached hydrogen (secondary N) is 3. The summed E-state index contributed by atoms with van der Waals surface area (Å²) in [7, 11) is 0. The fourth-order valence-corrected chi connectivity index (χ4v) is 4.36. The first-order valence-electron chi connectivity index (χ1n) is 12.2. The fourth-order valence-electron chi connectivity index (χ4n) is 3.88.